The van der Waals surface area contributed by atoms with Crippen molar-refractivity contribution in [2.75, 3.05) is 6.61 Å². The minimum atomic E-state index is -0.831. The molecule has 1 amide bonds. The molecule has 0 fully saturated rings. The zero-order chi connectivity index (χ0) is 23.8. The van der Waals surface area contributed by atoms with Crippen molar-refractivity contribution in [2.24, 2.45) is 5.92 Å². The largest absolute Gasteiger partial charge is 0.453 e. The van der Waals surface area contributed by atoms with Crippen molar-refractivity contribution in [3.63, 3.8) is 0 Å². The summed E-state index contributed by atoms with van der Waals surface area (Å²) in [5.74, 6) is -0.775. The van der Waals surface area contributed by atoms with Crippen LogP contribution in [-0.2, 0) is 27.4 Å². The van der Waals surface area contributed by atoms with E-state index in [1.807, 2.05) is 26.0 Å². The van der Waals surface area contributed by atoms with Crippen LogP contribution in [0.15, 0.2) is 23.8 Å². The van der Waals surface area contributed by atoms with Crippen molar-refractivity contribution in [1.82, 2.24) is 9.88 Å². The van der Waals surface area contributed by atoms with Gasteiger partial charge in [0.15, 0.2) is 6.61 Å². The molecule has 0 atom stereocenters. The molecule has 32 heavy (non-hydrogen) atoms. The van der Waals surface area contributed by atoms with Gasteiger partial charge in [-0.25, -0.2) is 4.79 Å². The summed E-state index contributed by atoms with van der Waals surface area (Å²) in [5.41, 5.74) is 2.67. The van der Waals surface area contributed by atoms with Gasteiger partial charge in [0.1, 0.15) is 11.6 Å². The van der Waals surface area contributed by atoms with Gasteiger partial charge in [0.05, 0.1) is 11.4 Å². The average molecular weight is 456 g/mol. The van der Waals surface area contributed by atoms with Gasteiger partial charge in [-0.2, -0.15) is 5.26 Å². The van der Waals surface area contributed by atoms with Crippen LogP contribution < -0.4 is 5.32 Å². The number of nitrogens with one attached hydrogen (secondary N) is 1. The maximum Gasteiger partial charge on any atom is 0.349 e. The highest BCUT2D eigenvalue weighted by Crippen LogP contribution is 2.21. The summed E-state index contributed by atoms with van der Waals surface area (Å²) in [4.78, 5) is 37.0. The minimum Gasteiger partial charge on any atom is -0.453 e. The number of nitriles is 1. The van der Waals surface area contributed by atoms with Gasteiger partial charge >= 0.3 is 5.97 Å². The van der Waals surface area contributed by atoms with Gasteiger partial charge in [-0.15, -0.1) is 11.3 Å². The maximum atomic E-state index is 12.4. The zero-order valence-corrected chi connectivity index (χ0v) is 20.0. The molecule has 0 bridgehead atoms. The van der Waals surface area contributed by atoms with Crippen LogP contribution in [0.25, 0.3) is 6.08 Å². The van der Waals surface area contributed by atoms with Crippen LogP contribution in [0.4, 0.5) is 0 Å². The van der Waals surface area contributed by atoms with E-state index < -0.39 is 12.6 Å². The monoisotopic (exact) mass is 455 g/mol. The normalized spacial score (nSPS) is 11.3. The Morgan fingerprint density at radius 1 is 1.28 bits per heavy atom. The Bertz CT molecular complexity index is 1070. The molecule has 7 nitrogen and oxygen atoms in total. The Hall–Kier alpha value is -3.18. The highest BCUT2D eigenvalue weighted by atomic mass is 32.1. The molecule has 170 valence electrons. The molecule has 2 rings (SSSR count). The Morgan fingerprint density at radius 2 is 2.00 bits per heavy atom. The topological polar surface area (TPSA) is 101 Å². The van der Waals surface area contributed by atoms with Crippen molar-refractivity contribution in [3.8, 4) is 6.07 Å². The Labute approximate surface area is 192 Å². The van der Waals surface area contributed by atoms with Crippen LogP contribution in [0.2, 0.25) is 0 Å². The molecule has 2 heterocycles. The number of amides is 1. The van der Waals surface area contributed by atoms with E-state index in [1.165, 1.54) is 24.3 Å². The van der Waals surface area contributed by atoms with Crippen LogP contribution in [0, 0.1) is 31.1 Å². The average Bonchev–Trinajstić information content (AvgIpc) is 3.31. The summed E-state index contributed by atoms with van der Waals surface area (Å²) in [5, 5.41) is 12.1. The minimum absolute atomic E-state index is 0.153. The first-order valence-electron chi connectivity index (χ1n) is 10.4. The second kappa shape index (κ2) is 11.4. The number of ketones is 1. The zero-order valence-electron chi connectivity index (χ0n) is 19.2. The van der Waals surface area contributed by atoms with Crippen LogP contribution in [0.3, 0.4) is 0 Å². The fourth-order valence-electron chi connectivity index (χ4n) is 3.11. The van der Waals surface area contributed by atoms with E-state index in [4.69, 9.17) is 4.74 Å². The second-order valence-electron chi connectivity index (χ2n) is 8.01. The summed E-state index contributed by atoms with van der Waals surface area (Å²) in [6.07, 6.45) is 2.54. The van der Waals surface area contributed by atoms with Crippen molar-refractivity contribution < 1.29 is 19.1 Å². The maximum absolute atomic E-state index is 12.4. The van der Waals surface area contributed by atoms with Gasteiger partial charge < -0.3 is 14.6 Å². The van der Waals surface area contributed by atoms with Crippen LogP contribution in [0.5, 0.6) is 0 Å². The number of hydrogen-bond donors (Lipinski definition) is 1. The molecule has 2 aromatic rings. The molecule has 1 N–H and O–H groups in total. The smallest absolute Gasteiger partial charge is 0.349 e. The SMILES string of the molecule is CC(=O)NCc1ccc(C(=O)COC(=O)/C(C#N)=C/c2cc(C)n(CCC(C)C)c2C)s1. The fraction of sp³-hybridized carbons (Fsp3) is 0.417. The van der Waals surface area contributed by atoms with Crippen molar-refractivity contribution in [1.29, 1.82) is 5.26 Å². The first kappa shape index (κ1) is 25.1. The lowest BCUT2D eigenvalue weighted by Crippen LogP contribution is -2.18. The van der Waals surface area contributed by atoms with E-state index >= 15 is 0 Å². The Kier molecular flexibility index (Phi) is 8.97. The number of nitrogens with zero attached hydrogens (tertiary/aromatic N) is 2. The number of ether oxygens (including phenoxy) is 1. The first-order valence-corrected chi connectivity index (χ1v) is 11.3. The predicted molar refractivity (Wildman–Crippen MR) is 124 cm³/mol. The predicted octanol–water partition coefficient (Wildman–Crippen LogP) is 4.18. The lowest BCUT2D eigenvalue weighted by Gasteiger charge is -2.11. The van der Waals surface area contributed by atoms with Gasteiger partial charge in [0.2, 0.25) is 11.7 Å². The third-order valence-corrected chi connectivity index (χ3v) is 6.09. The highest BCUT2D eigenvalue weighted by molar-refractivity contribution is 7.14. The molecule has 0 saturated carbocycles. The molecule has 0 aromatic carbocycles. The molecule has 2 aromatic heterocycles. The molecule has 8 heteroatoms. The van der Waals surface area contributed by atoms with E-state index in [-0.39, 0.29) is 17.3 Å². The molecule has 0 radical (unpaired) electrons. The lowest BCUT2D eigenvalue weighted by molar-refractivity contribution is -0.137. The number of rotatable bonds is 10. The Morgan fingerprint density at radius 3 is 2.62 bits per heavy atom. The number of carbonyl (C=O) groups is 3. The van der Waals surface area contributed by atoms with Crippen molar-refractivity contribution in [2.45, 2.75) is 54.1 Å². The molecule has 0 spiro atoms. The summed E-state index contributed by atoms with van der Waals surface area (Å²) in [6, 6.07) is 7.19. The van der Waals surface area contributed by atoms with E-state index in [0.29, 0.717) is 17.3 Å². The molecular weight excluding hydrogens is 426 g/mol. The van der Waals surface area contributed by atoms with Gasteiger partial charge in [-0.1, -0.05) is 13.8 Å². The quantitative estimate of drug-likeness (QED) is 0.251. The number of aromatic nitrogens is 1. The van der Waals surface area contributed by atoms with E-state index in [2.05, 4.69) is 23.7 Å². The molecule has 0 aliphatic carbocycles. The number of carbonyl (C=O) groups excluding carboxylic acids is 3. The lowest BCUT2D eigenvalue weighted by atomic mass is 10.1. The van der Waals surface area contributed by atoms with Gasteiger partial charge in [-0.05, 0) is 56.0 Å². The summed E-state index contributed by atoms with van der Waals surface area (Å²) in [6.45, 7) is 10.5. The van der Waals surface area contributed by atoms with E-state index in [1.54, 1.807) is 12.1 Å². The van der Waals surface area contributed by atoms with E-state index in [0.717, 1.165) is 34.8 Å². The summed E-state index contributed by atoms with van der Waals surface area (Å²) >= 11 is 1.23. The molecule has 0 aliphatic heterocycles. The second-order valence-corrected chi connectivity index (χ2v) is 9.17. The number of Topliss-reactive ketones (excluding diaryl/α,β-unsaturated/α-hetero) is 1. The Balaban J connectivity index is 2.03. The number of esters is 1. The van der Waals surface area contributed by atoms with Crippen LogP contribution >= 0.6 is 11.3 Å². The van der Waals surface area contributed by atoms with Crippen LogP contribution in [0.1, 0.15) is 58.7 Å². The first-order chi connectivity index (χ1) is 15.1. The van der Waals surface area contributed by atoms with Gasteiger partial charge in [-0.3, -0.25) is 9.59 Å². The third-order valence-electron chi connectivity index (χ3n) is 4.97. The van der Waals surface area contributed by atoms with Crippen LogP contribution in [-0.4, -0.2) is 28.8 Å². The number of aryl methyl sites for hydroxylation is 1. The van der Waals surface area contributed by atoms with Gasteiger partial charge in [0.25, 0.3) is 0 Å². The molecular formula is C24H29N3O4S. The third kappa shape index (κ3) is 6.92. The summed E-state index contributed by atoms with van der Waals surface area (Å²) < 4.78 is 7.27. The van der Waals surface area contributed by atoms with Crippen molar-refractivity contribution in [3.05, 3.63) is 50.5 Å². The van der Waals surface area contributed by atoms with Crippen molar-refractivity contribution >= 4 is 35.1 Å². The number of hydrogen-bond acceptors (Lipinski definition) is 6. The summed E-state index contributed by atoms with van der Waals surface area (Å²) in [7, 11) is 0. The number of thiophene rings is 1. The fourth-order valence-corrected chi connectivity index (χ4v) is 3.98. The molecule has 0 saturated heterocycles. The van der Waals surface area contributed by atoms with E-state index in [9.17, 15) is 19.6 Å². The molecule has 0 unspecified atom stereocenters. The van der Waals surface area contributed by atoms with Gasteiger partial charge in [0, 0.05) is 29.7 Å². The highest BCUT2D eigenvalue weighted by Gasteiger charge is 2.17. The standard InChI is InChI=1S/C24H29N3O4S/c1-15(2)8-9-27-16(3)10-19(17(27)4)11-20(12-25)24(30)31-14-22(29)23-7-6-21(32-23)13-26-18(5)28/h6-7,10-11,15H,8-9,13-14H2,1-5H3,(H,26,28)/b20-11+. The molecule has 0 aliphatic rings.